The molecule has 2 fully saturated rings. The maximum absolute atomic E-state index is 12.6. The Labute approximate surface area is 116 Å². The van der Waals surface area contributed by atoms with Crippen LogP contribution in [-0.2, 0) is 9.53 Å². The SMILES string of the molecule is CCC1(C)NC(CC(C)C)N(CC2CCCO2)C1=O. The predicted molar refractivity (Wildman–Crippen MR) is 75.8 cm³/mol. The fourth-order valence-corrected chi connectivity index (χ4v) is 3.07. The van der Waals surface area contributed by atoms with Crippen LogP contribution in [0.25, 0.3) is 0 Å². The molecule has 1 amide bonds. The van der Waals surface area contributed by atoms with Crippen molar-refractivity contribution in [2.75, 3.05) is 13.2 Å². The molecule has 3 unspecified atom stereocenters. The third-order valence-electron chi connectivity index (χ3n) is 4.42. The topological polar surface area (TPSA) is 41.6 Å². The van der Waals surface area contributed by atoms with Crippen LogP contribution in [0.2, 0.25) is 0 Å². The van der Waals surface area contributed by atoms with Gasteiger partial charge in [0.05, 0.1) is 17.8 Å². The number of hydrogen-bond donors (Lipinski definition) is 1. The lowest BCUT2D eigenvalue weighted by atomic mass is 9.99. The van der Waals surface area contributed by atoms with Crippen molar-refractivity contribution in [2.24, 2.45) is 5.92 Å². The molecule has 2 rings (SSSR count). The van der Waals surface area contributed by atoms with Gasteiger partial charge in [0.15, 0.2) is 0 Å². The number of rotatable bonds is 5. The van der Waals surface area contributed by atoms with Gasteiger partial charge in [0.1, 0.15) is 0 Å². The molecule has 0 aromatic heterocycles. The molecule has 1 N–H and O–H groups in total. The van der Waals surface area contributed by atoms with Crippen molar-refractivity contribution < 1.29 is 9.53 Å². The summed E-state index contributed by atoms with van der Waals surface area (Å²) < 4.78 is 5.70. The maximum atomic E-state index is 12.6. The van der Waals surface area contributed by atoms with Gasteiger partial charge in [-0.15, -0.1) is 0 Å². The average molecular weight is 268 g/mol. The summed E-state index contributed by atoms with van der Waals surface area (Å²) >= 11 is 0. The Bertz CT molecular complexity index is 326. The van der Waals surface area contributed by atoms with Crippen LogP contribution in [-0.4, -0.2) is 41.8 Å². The van der Waals surface area contributed by atoms with Crippen molar-refractivity contribution in [1.82, 2.24) is 10.2 Å². The molecule has 19 heavy (non-hydrogen) atoms. The Morgan fingerprint density at radius 2 is 2.26 bits per heavy atom. The summed E-state index contributed by atoms with van der Waals surface area (Å²) in [6, 6.07) is 0. The summed E-state index contributed by atoms with van der Waals surface area (Å²) in [4.78, 5) is 14.7. The molecular formula is C15H28N2O2. The highest BCUT2D eigenvalue weighted by Gasteiger charge is 2.47. The van der Waals surface area contributed by atoms with Gasteiger partial charge in [-0.3, -0.25) is 10.1 Å². The highest BCUT2D eigenvalue weighted by Crippen LogP contribution is 2.28. The van der Waals surface area contributed by atoms with E-state index in [4.69, 9.17) is 4.74 Å². The number of amides is 1. The first-order chi connectivity index (χ1) is 8.96. The van der Waals surface area contributed by atoms with Crippen LogP contribution in [0.4, 0.5) is 0 Å². The Hall–Kier alpha value is -0.610. The second-order valence-corrected chi connectivity index (χ2v) is 6.57. The van der Waals surface area contributed by atoms with E-state index >= 15 is 0 Å². The highest BCUT2D eigenvalue weighted by atomic mass is 16.5. The number of nitrogens with zero attached hydrogens (tertiary/aromatic N) is 1. The largest absolute Gasteiger partial charge is 0.376 e. The minimum absolute atomic E-state index is 0.168. The molecule has 0 spiro atoms. The molecule has 2 heterocycles. The summed E-state index contributed by atoms with van der Waals surface area (Å²) in [5.74, 6) is 0.827. The smallest absolute Gasteiger partial charge is 0.243 e. The highest BCUT2D eigenvalue weighted by molar-refractivity contribution is 5.88. The van der Waals surface area contributed by atoms with Gasteiger partial charge in [0.2, 0.25) is 5.91 Å². The van der Waals surface area contributed by atoms with Crippen LogP contribution < -0.4 is 5.32 Å². The maximum Gasteiger partial charge on any atom is 0.243 e. The van der Waals surface area contributed by atoms with Crippen LogP contribution in [0.5, 0.6) is 0 Å². The normalized spacial score (nSPS) is 35.6. The zero-order valence-corrected chi connectivity index (χ0v) is 12.7. The number of hydrogen-bond acceptors (Lipinski definition) is 3. The number of carbonyl (C=O) groups is 1. The van der Waals surface area contributed by atoms with E-state index in [9.17, 15) is 4.79 Å². The first-order valence-electron chi connectivity index (χ1n) is 7.66. The zero-order chi connectivity index (χ0) is 14.0. The summed E-state index contributed by atoms with van der Waals surface area (Å²) in [5.41, 5.74) is -0.391. The fraction of sp³-hybridized carbons (Fsp3) is 0.933. The zero-order valence-electron chi connectivity index (χ0n) is 12.7. The van der Waals surface area contributed by atoms with Gasteiger partial charge in [0.25, 0.3) is 0 Å². The van der Waals surface area contributed by atoms with E-state index in [1.807, 2.05) is 11.8 Å². The van der Waals surface area contributed by atoms with Gasteiger partial charge in [-0.05, 0) is 38.5 Å². The van der Waals surface area contributed by atoms with E-state index in [0.717, 1.165) is 38.8 Å². The van der Waals surface area contributed by atoms with Gasteiger partial charge >= 0.3 is 0 Å². The lowest BCUT2D eigenvalue weighted by Crippen LogP contribution is -2.44. The number of ether oxygens (including phenoxy) is 1. The summed E-state index contributed by atoms with van der Waals surface area (Å²) in [6.07, 6.45) is 4.46. The van der Waals surface area contributed by atoms with Crippen LogP contribution in [0.3, 0.4) is 0 Å². The van der Waals surface area contributed by atoms with Crippen molar-refractivity contribution in [2.45, 2.75) is 71.2 Å². The first kappa shape index (κ1) is 14.8. The quantitative estimate of drug-likeness (QED) is 0.830. The molecule has 2 saturated heterocycles. The van der Waals surface area contributed by atoms with Crippen molar-refractivity contribution in [1.29, 1.82) is 0 Å². The van der Waals surface area contributed by atoms with E-state index in [1.54, 1.807) is 0 Å². The van der Waals surface area contributed by atoms with Crippen LogP contribution in [0.15, 0.2) is 0 Å². The summed E-state index contributed by atoms with van der Waals surface area (Å²) in [6.45, 7) is 10.1. The van der Waals surface area contributed by atoms with Crippen LogP contribution in [0.1, 0.15) is 53.4 Å². The molecule has 4 nitrogen and oxygen atoms in total. The minimum Gasteiger partial charge on any atom is -0.376 e. The first-order valence-corrected chi connectivity index (χ1v) is 7.66. The van der Waals surface area contributed by atoms with E-state index in [-0.39, 0.29) is 18.2 Å². The Kier molecular flexibility index (Phi) is 4.51. The second kappa shape index (κ2) is 5.80. The molecular weight excluding hydrogens is 240 g/mol. The van der Waals surface area contributed by atoms with Crippen molar-refractivity contribution >= 4 is 5.91 Å². The average Bonchev–Trinajstić information content (AvgIpc) is 2.93. The monoisotopic (exact) mass is 268 g/mol. The second-order valence-electron chi connectivity index (χ2n) is 6.57. The standard InChI is InChI=1S/C15H28N2O2/c1-5-15(4)14(18)17(10-12-7-6-8-19-12)13(16-15)9-11(2)3/h11-13,16H,5-10H2,1-4H3. The third-order valence-corrected chi connectivity index (χ3v) is 4.42. The van der Waals surface area contributed by atoms with E-state index in [2.05, 4.69) is 26.1 Å². The Morgan fingerprint density at radius 3 is 2.79 bits per heavy atom. The van der Waals surface area contributed by atoms with Crippen molar-refractivity contribution in [3.63, 3.8) is 0 Å². The molecule has 0 radical (unpaired) electrons. The fourth-order valence-electron chi connectivity index (χ4n) is 3.07. The summed E-state index contributed by atoms with van der Waals surface area (Å²) in [5, 5.41) is 3.54. The molecule has 0 aromatic carbocycles. The van der Waals surface area contributed by atoms with Crippen LogP contribution in [0, 0.1) is 5.92 Å². The molecule has 2 aliphatic heterocycles. The van der Waals surface area contributed by atoms with E-state index in [1.165, 1.54) is 0 Å². The lowest BCUT2D eigenvalue weighted by molar-refractivity contribution is -0.134. The van der Waals surface area contributed by atoms with Crippen molar-refractivity contribution in [3.05, 3.63) is 0 Å². The molecule has 2 aliphatic rings. The lowest BCUT2D eigenvalue weighted by Gasteiger charge is -2.27. The molecule has 110 valence electrons. The Balaban J connectivity index is 2.08. The molecule has 4 heteroatoms. The summed E-state index contributed by atoms with van der Waals surface area (Å²) in [7, 11) is 0. The van der Waals surface area contributed by atoms with Crippen LogP contribution >= 0.6 is 0 Å². The third kappa shape index (κ3) is 3.11. The molecule has 0 saturated carbocycles. The minimum atomic E-state index is -0.391. The molecule has 3 atom stereocenters. The van der Waals surface area contributed by atoms with Gasteiger partial charge in [-0.25, -0.2) is 0 Å². The number of carbonyl (C=O) groups excluding carboxylic acids is 1. The number of nitrogens with one attached hydrogen (secondary N) is 1. The molecule has 0 bridgehead atoms. The Morgan fingerprint density at radius 1 is 1.53 bits per heavy atom. The van der Waals surface area contributed by atoms with E-state index < -0.39 is 5.54 Å². The van der Waals surface area contributed by atoms with E-state index in [0.29, 0.717) is 5.92 Å². The predicted octanol–water partition coefficient (Wildman–Crippen LogP) is 2.14. The van der Waals surface area contributed by atoms with Crippen molar-refractivity contribution in [3.8, 4) is 0 Å². The molecule has 0 aromatic rings. The van der Waals surface area contributed by atoms with Gasteiger partial charge < -0.3 is 9.64 Å². The molecule has 0 aliphatic carbocycles. The van der Waals surface area contributed by atoms with Gasteiger partial charge in [0, 0.05) is 13.2 Å². The van der Waals surface area contributed by atoms with Gasteiger partial charge in [-0.2, -0.15) is 0 Å². The van der Waals surface area contributed by atoms with Gasteiger partial charge in [-0.1, -0.05) is 20.8 Å².